The largest absolute Gasteiger partial charge is 0.478 e. The van der Waals surface area contributed by atoms with Gasteiger partial charge in [-0.25, -0.2) is 4.79 Å². The van der Waals surface area contributed by atoms with Crippen molar-refractivity contribution in [1.82, 2.24) is 0 Å². The second kappa shape index (κ2) is 6.41. The van der Waals surface area contributed by atoms with Crippen LogP contribution in [-0.4, -0.2) is 11.1 Å². The Morgan fingerprint density at radius 1 is 1.43 bits per heavy atom. The van der Waals surface area contributed by atoms with Crippen LogP contribution in [0.25, 0.3) is 0 Å². The van der Waals surface area contributed by atoms with Crippen molar-refractivity contribution in [2.24, 2.45) is 5.92 Å². The lowest BCUT2D eigenvalue weighted by Gasteiger charge is -2.10. The van der Waals surface area contributed by atoms with Crippen molar-refractivity contribution in [1.29, 1.82) is 0 Å². The van der Waals surface area contributed by atoms with E-state index in [9.17, 15) is 4.79 Å². The van der Waals surface area contributed by atoms with Gasteiger partial charge in [-0.2, -0.15) is 0 Å². The first-order chi connectivity index (χ1) is 6.56. The average Bonchev–Trinajstić information content (AvgIpc) is 2.18. The number of allylic oxidation sites excluding steroid dienone is 3. The summed E-state index contributed by atoms with van der Waals surface area (Å²) in [5, 5.41) is 9.02. The Morgan fingerprint density at radius 2 is 2.00 bits per heavy atom. The molecule has 2 nitrogen and oxygen atoms in total. The van der Waals surface area contributed by atoms with Crippen molar-refractivity contribution in [3.05, 3.63) is 23.3 Å². The molecular formula is C12H20O2. The highest BCUT2D eigenvalue weighted by molar-refractivity contribution is 5.87. The van der Waals surface area contributed by atoms with Crippen molar-refractivity contribution in [3.63, 3.8) is 0 Å². The molecule has 0 aromatic carbocycles. The SMILES string of the molecule is C/C=C(\C=C(\C(=O)O)C(C)CC)CC. The van der Waals surface area contributed by atoms with Gasteiger partial charge in [0.05, 0.1) is 0 Å². The normalized spacial score (nSPS) is 15.4. The van der Waals surface area contributed by atoms with Gasteiger partial charge in [0.15, 0.2) is 0 Å². The Labute approximate surface area is 86.3 Å². The quantitative estimate of drug-likeness (QED) is 0.540. The molecule has 0 spiro atoms. The van der Waals surface area contributed by atoms with Crippen molar-refractivity contribution in [3.8, 4) is 0 Å². The van der Waals surface area contributed by atoms with Crippen LogP contribution in [0.3, 0.4) is 0 Å². The molecule has 0 fully saturated rings. The predicted molar refractivity (Wildman–Crippen MR) is 59.2 cm³/mol. The van der Waals surface area contributed by atoms with Crippen molar-refractivity contribution in [2.45, 2.75) is 40.5 Å². The fourth-order valence-electron chi connectivity index (χ4n) is 1.22. The lowest BCUT2D eigenvalue weighted by atomic mass is 9.95. The maximum absolute atomic E-state index is 11.0. The van der Waals surface area contributed by atoms with Gasteiger partial charge in [-0.3, -0.25) is 0 Å². The van der Waals surface area contributed by atoms with Crippen LogP contribution in [0.15, 0.2) is 23.3 Å². The molecule has 0 aliphatic heterocycles. The highest BCUT2D eigenvalue weighted by Gasteiger charge is 2.14. The van der Waals surface area contributed by atoms with E-state index in [1.807, 2.05) is 33.8 Å². The van der Waals surface area contributed by atoms with Crippen LogP contribution in [0.4, 0.5) is 0 Å². The molecule has 80 valence electrons. The Bertz CT molecular complexity index is 249. The zero-order valence-corrected chi connectivity index (χ0v) is 9.50. The first-order valence-corrected chi connectivity index (χ1v) is 5.16. The molecule has 0 aliphatic carbocycles. The highest BCUT2D eigenvalue weighted by atomic mass is 16.4. The summed E-state index contributed by atoms with van der Waals surface area (Å²) < 4.78 is 0. The number of rotatable bonds is 5. The number of aliphatic carboxylic acids is 1. The fourth-order valence-corrected chi connectivity index (χ4v) is 1.22. The second-order valence-corrected chi connectivity index (χ2v) is 3.43. The maximum atomic E-state index is 11.0. The van der Waals surface area contributed by atoms with Crippen LogP contribution in [-0.2, 0) is 4.79 Å². The third-order valence-electron chi connectivity index (χ3n) is 2.51. The van der Waals surface area contributed by atoms with Gasteiger partial charge < -0.3 is 5.11 Å². The number of carboxylic acids is 1. The van der Waals surface area contributed by atoms with E-state index in [1.54, 1.807) is 6.08 Å². The van der Waals surface area contributed by atoms with Gasteiger partial charge in [-0.05, 0) is 31.8 Å². The van der Waals surface area contributed by atoms with E-state index in [-0.39, 0.29) is 5.92 Å². The summed E-state index contributed by atoms with van der Waals surface area (Å²) >= 11 is 0. The van der Waals surface area contributed by atoms with Gasteiger partial charge in [0.25, 0.3) is 0 Å². The molecular weight excluding hydrogens is 176 g/mol. The van der Waals surface area contributed by atoms with E-state index in [1.165, 1.54) is 0 Å². The third-order valence-corrected chi connectivity index (χ3v) is 2.51. The van der Waals surface area contributed by atoms with Crippen LogP contribution in [0.1, 0.15) is 40.5 Å². The van der Waals surface area contributed by atoms with E-state index in [2.05, 4.69) is 0 Å². The Hall–Kier alpha value is -1.05. The molecule has 0 saturated carbocycles. The highest BCUT2D eigenvalue weighted by Crippen LogP contribution is 2.17. The monoisotopic (exact) mass is 196 g/mol. The smallest absolute Gasteiger partial charge is 0.331 e. The molecule has 0 saturated heterocycles. The Morgan fingerprint density at radius 3 is 2.29 bits per heavy atom. The molecule has 0 aromatic rings. The minimum atomic E-state index is -0.799. The summed E-state index contributed by atoms with van der Waals surface area (Å²) in [6.07, 6.45) is 5.50. The number of hydrogen-bond donors (Lipinski definition) is 1. The molecule has 0 aliphatic rings. The molecule has 1 unspecified atom stereocenters. The van der Waals surface area contributed by atoms with Crippen LogP contribution in [0.5, 0.6) is 0 Å². The van der Waals surface area contributed by atoms with Crippen molar-refractivity contribution < 1.29 is 9.90 Å². The van der Waals surface area contributed by atoms with Crippen LogP contribution in [0.2, 0.25) is 0 Å². The van der Waals surface area contributed by atoms with Crippen molar-refractivity contribution >= 4 is 5.97 Å². The molecule has 0 bridgehead atoms. The van der Waals surface area contributed by atoms with Crippen LogP contribution in [0, 0.1) is 5.92 Å². The minimum absolute atomic E-state index is 0.119. The molecule has 14 heavy (non-hydrogen) atoms. The summed E-state index contributed by atoms with van der Waals surface area (Å²) in [6, 6.07) is 0. The number of carboxylic acid groups (broad SMARTS) is 1. The van der Waals surface area contributed by atoms with Gasteiger partial charge in [0.2, 0.25) is 0 Å². The second-order valence-electron chi connectivity index (χ2n) is 3.43. The van der Waals surface area contributed by atoms with E-state index < -0.39 is 5.97 Å². The number of carbonyl (C=O) groups is 1. The Balaban J connectivity index is 4.90. The molecule has 1 N–H and O–H groups in total. The topological polar surface area (TPSA) is 37.3 Å². The summed E-state index contributed by atoms with van der Waals surface area (Å²) in [5.41, 5.74) is 1.60. The lowest BCUT2D eigenvalue weighted by Crippen LogP contribution is -2.09. The predicted octanol–water partition coefficient (Wildman–Crippen LogP) is 3.40. The number of hydrogen-bond acceptors (Lipinski definition) is 1. The zero-order valence-electron chi connectivity index (χ0n) is 9.50. The molecule has 0 aromatic heterocycles. The first kappa shape index (κ1) is 12.9. The molecule has 0 amide bonds. The Kier molecular flexibility index (Phi) is 5.93. The van der Waals surface area contributed by atoms with E-state index in [4.69, 9.17) is 5.11 Å². The first-order valence-electron chi connectivity index (χ1n) is 5.16. The standard InChI is InChI=1S/C12H20O2/c1-5-9(4)11(12(13)14)8-10(6-2)7-3/h6,8-9H,5,7H2,1-4H3,(H,13,14)/b10-6-,11-8+. The fraction of sp³-hybridized carbons (Fsp3) is 0.583. The molecule has 0 radical (unpaired) electrons. The van der Waals surface area contributed by atoms with Crippen LogP contribution < -0.4 is 0 Å². The van der Waals surface area contributed by atoms with Crippen LogP contribution >= 0.6 is 0 Å². The van der Waals surface area contributed by atoms with Gasteiger partial charge in [0.1, 0.15) is 0 Å². The van der Waals surface area contributed by atoms with Gasteiger partial charge in [0, 0.05) is 5.57 Å². The summed E-state index contributed by atoms with van der Waals surface area (Å²) in [4.78, 5) is 11.0. The summed E-state index contributed by atoms with van der Waals surface area (Å²) in [7, 11) is 0. The van der Waals surface area contributed by atoms with Crippen molar-refractivity contribution in [2.75, 3.05) is 0 Å². The molecule has 0 heterocycles. The lowest BCUT2D eigenvalue weighted by molar-refractivity contribution is -0.133. The molecule has 2 heteroatoms. The van der Waals surface area contributed by atoms with E-state index >= 15 is 0 Å². The minimum Gasteiger partial charge on any atom is -0.478 e. The maximum Gasteiger partial charge on any atom is 0.331 e. The van der Waals surface area contributed by atoms with Gasteiger partial charge in [-0.15, -0.1) is 0 Å². The van der Waals surface area contributed by atoms with E-state index in [0.717, 1.165) is 18.4 Å². The van der Waals surface area contributed by atoms with Gasteiger partial charge in [-0.1, -0.05) is 32.4 Å². The third kappa shape index (κ3) is 3.77. The summed E-state index contributed by atoms with van der Waals surface area (Å²) in [5.74, 6) is -0.679. The van der Waals surface area contributed by atoms with Gasteiger partial charge >= 0.3 is 5.97 Å². The van der Waals surface area contributed by atoms with E-state index in [0.29, 0.717) is 5.57 Å². The molecule has 1 atom stereocenters. The molecule has 0 rings (SSSR count). The average molecular weight is 196 g/mol. The zero-order chi connectivity index (χ0) is 11.1. The summed E-state index contributed by atoms with van der Waals surface area (Å²) in [6.45, 7) is 7.92.